The lowest BCUT2D eigenvalue weighted by Gasteiger charge is -2.27. The normalized spacial score (nSPS) is 31.8. The average Bonchev–Trinajstić information content (AvgIpc) is 2.32. The summed E-state index contributed by atoms with van der Waals surface area (Å²) in [7, 11) is 0. The third-order valence-electron chi connectivity index (χ3n) is 2.95. The predicted octanol–water partition coefficient (Wildman–Crippen LogP) is 2.91. The molecule has 72 valence electrons. The summed E-state index contributed by atoms with van der Waals surface area (Å²) >= 11 is 0. The van der Waals surface area contributed by atoms with E-state index in [0.717, 1.165) is 18.0 Å². The number of hydrogen-bond donors (Lipinski definition) is 0. The molecule has 0 aromatic carbocycles. The second-order valence-corrected chi connectivity index (χ2v) is 4.57. The van der Waals surface area contributed by atoms with E-state index in [1.165, 1.54) is 25.8 Å². The fraction of sp³-hybridized carbons (Fsp3) is 1.00. The first-order valence-corrected chi connectivity index (χ1v) is 5.40. The molecule has 0 spiro atoms. The molecular weight excluding hydrogens is 146 g/mol. The molecule has 1 heterocycles. The van der Waals surface area contributed by atoms with Gasteiger partial charge in [-0.25, -0.2) is 0 Å². The molecule has 0 saturated carbocycles. The molecule has 0 aliphatic carbocycles. The zero-order chi connectivity index (χ0) is 9.14. The largest absolute Gasteiger partial charge is 0.298 e. The summed E-state index contributed by atoms with van der Waals surface area (Å²) in [5, 5.41) is 0. The fourth-order valence-electron chi connectivity index (χ4n) is 2.43. The first kappa shape index (κ1) is 10.0. The molecule has 2 unspecified atom stereocenters. The summed E-state index contributed by atoms with van der Waals surface area (Å²) < 4.78 is 0. The van der Waals surface area contributed by atoms with Crippen LogP contribution in [-0.4, -0.2) is 23.5 Å². The van der Waals surface area contributed by atoms with Crippen molar-refractivity contribution in [1.29, 1.82) is 0 Å². The molecule has 0 N–H and O–H groups in total. The molecule has 1 nitrogen and oxygen atoms in total. The van der Waals surface area contributed by atoms with E-state index in [1.54, 1.807) is 0 Å². The van der Waals surface area contributed by atoms with Crippen molar-refractivity contribution in [3.63, 3.8) is 0 Å². The Bertz CT molecular complexity index is 131. The number of nitrogens with zero attached hydrogens (tertiary/aromatic N) is 1. The van der Waals surface area contributed by atoms with Gasteiger partial charge in [0.1, 0.15) is 0 Å². The topological polar surface area (TPSA) is 3.24 Å². The predicted molar refractivity (Wildman–Crippen MR) is 54.3 cm³/mol. The zero-order valence-corrected chi connectivity index (χ0v) is 9.01. The van der Waals surface area contributed by atoms with Gasteiger partial charge >= 0.3 is 0 Å². The quantitative estimate of drug-likeness (QED) is 0.628. The molecule has 1 rings (SSSR count). The van der Waals surface area contributed by atoms with Crippen molar-refractivity contribution in [2.24, 2.45) is 5.92 Å². The first-order chi connectivity index (χ1) is 5.65. The van der Waals surface area contributed by atoms with Gasteiger partial charge in [-0.2, -0.15) is 0 Å². The molecule has 1 saturated heterocycles. The van der Waals surface area contributed by atoms with Crippen LogP contribution in [0.2, 0.25) is 0 Å². The summed E-state index contributed by atoms with van der Waals surface area (Å²) in [5.41, 5.74) is 0. The Morgan fingerprint density at radius 1 is 1.42 bits per heavy atom. The number of rotatable bonds is 3. The Morgan fingerprint density at radius 3 is 2.58 bits per heavy atom. The van der Waals surface area contributed by atoms with Crippen molar-refractivity contribution >= 4 is 0 Å². The van der Waals surface area contributed by atoms with Gasteiger partial charge in [0, 0.05) is 18.6 Å². The van der Waals surface area contributed by atoms with Crippen LogP contribution in [0.15, 0.2) is 0 Å². The second-order valence-electron chi connectivity index (χ2n) is 4.57. The summed E-state index contributed by atoms with van der Waals surface area (Å²) in [6.45, 7) is 10.6. The molecule has 0 bridgehead atoms. The Balaban J connectivity index is 2.47. The Morgan fingerprint density at radius 2 is 2.08 bits per heavy atom. The Labute approximate surface area is 77.1 Å². The molecule has 1 fully saturated rings. The van der Waals surface area contributed by atoms with Crippen LogP contribution in [0.5, 0.6) is 0 Å². The van der Waals surface area contributed by atoms with Gasteiger partial charge < -0.3 is 0 Å². The number of hydrogen-bond acceptors (Lipinski definition) is 1. The van der Waals surface area contributed by atoms with Crippen LogP contribution in [0.25, 0.3) is 0 Å². The Hall–Kier alpha value is -0.0400. The van der Waals surface area contributed by atoms with E-state index in [-0.39, 0.29) is 0 Å². The maximum Gasteiger partial charge on any atom is 0.0101 e. The van der Waals surface area contributed by atoms with E-state index in [2.05, 4.69) is 32.6 Å². The van der Waals surface area contributed by atoms with Crippen molar-refractivity contribution < 1.29 is 0 Å². The maximum atomic E-state index is 2.67. The smallest absolute Gasteiger partial charge is 0.0101 e. The van der Waals surface area contributed by atoms with Crippen LogP contribution in [0.4, 0.5) is 0 Å². The summed E-state index contributed by atoms with van der Waals surface area (Å²) in [4.78, 5) is 2.67. The average molecular weight is 169 g/mol. The van der Waals surface area contributed by atoms with Gasteiger partial charge in [-0.1, -0.05) is 20.3 Å². The van der Waals surface area contributed by atoms with Gasteiger partial charge in [0.15, 0.2) is 0 Å². The zero-order valence-electron chi connectivity index (χ0n) is 9.01. The summed E-state index contributed by atoms with van der Waals surface area (Å²) in [6, 6.07) is 1.62. The molecule has 0 amide bonds. The van der Waals surface area contributed by atoms with Crippen LogP contribution in [0.3, 0.4) is 0 Å². The molecular formula is C11H23N. The molecule has 0 aromatic rings. The van der Waals surface area contributed by atoms with Gasteiger partial charge in [-0.15, -0.1) is 0 Å². The van der Waals surface area contributed by atoms with Gasteiger partial charge in [0.25, 0.3) is 0 Å². The minimum atomic E-state index is 0.742. The van der Waals surface area contributed by atoms with E-state index >= 15 is 0 Å². The van der Waals surface area contributed by atoms with Crippen molar-refractivity contribution in [3.8, 4) is 0 Å². The highest BCUT2D eigenvalue weighted by molar-refractivity contribution is 4.84. The third kappa shape index (κ3) is 2.22. The van der Waals surface area contributed by atoms with E-state index in [4.69, 9.17) is 0 Å². The molecule has 0 radical (unpaired) electrons. The monoisotopic (exact) mass is 169 g/mol. The molecule has 1 aliphatic rings. The fourth-order valence-corrected chi connectivity index (χ4v) is 2.43. The summed E-state index contributed by atoms with van der Waals surface area (Å²) in [6.07, 6.45) is 4.15. The minimum absolute atomic E-state index is 0.742. The summed E-state index contributed by atoms with van der Waals surface area (Å²) in [5.74, 6) is 0.920. The van der Waals surface area contributed by atoms with Gasteiger partial charge in [-0.05, 0) is 32.6 Å². The first-order valence-electron chi connectivity index (χ1n) is 5.40. The standard InChI is InChI=1S/C11H23N/c1-5-6-11-7-10(4)8-12(11)9(2)3/h9-11H,5-8H2,1-4H3. The van der Waals surface area contributed by atoms with Gasteiger partial charge in [-0.3, -0.25) is 4.90 Å². The highest BCUT2D eigenvalue weighted by Crippen LogP contribution is 2.27. The lowest BCUT2D eigenvalue weighted by molar-refractivity contribution is 0.192. The minimum Gasteiger partial charge on any atom is -0.298 e. The van der Waals surface area contributed by atoms with E-state index in [0.29, 0.717) is 0 Å². The van der Waals surface area contributed by atoms with E-state index in [1.807, 2.05) is 0 Å². The van der Waals surface area contributed by atoms with Gasteiger partial charge in [0.05, 0.1) is 0 Å². The molecule has 1 heteroatoms. The highest BCUT2D eigenvalue weighted by atomic mass is 15.2. The highest BCUT2D eigenvalue weighted by Gasteiger charge is 2.29. The SMILES string of the molecule is CCCC1CC(C)CN1C(C)C. The van der Waals surface area contributed by atoms with Crippen LogP contribution >= 0.6 is 0 Å². The van der Waals surface area contributed by atoms with Crippen LogP contribution in [0.1, 0.15) is 47.0 Å². The van der Waals surface area contributed by atoms with Gasteiger partial charge in [0.2, 0.25) is 0 Å². The molecule has 12 heavy (non-hydrogen) atoms. The lowest BCUT2D eigenvalue weighted by Crippen LogP contribution is -2.35. The number of likely N-dealkylation sites (tertiary alicyclic amines) is 1. The molecule has 1 aliphatic heterocycles. The third-order valence-corrected chi connectivity index (χ3v) is 2.95. The van der Waals surface area contributed by atoms with Crippen LogP contribution in [-0.2, 0) is 0 Å². The van der Waals surface area contributed by atoms with Crippen molar-refractivity contribution in [2.75, 3.05) is 6.54 Å². The Kier molecular flexibility index (Phi) is 3.57. The van der Waals surface area contributed by atoms with Crippen molar-refractivity contribution in [2.45, 2.75) is 59.0 Å². The second kappa shape index (κ2) is 4.27. The van der Waals surface area contributed by atoms with E-state index in [9.17, 15) is 0 Å². The maximum absolute atomic E-state index is 2.67. The van der Waals surface area contributed by atoms with E-state index < -0.39 is 0 Å². The van der Waals surface area contributed by atoms with Crippen molar-refractivity contribution in [3.05, 3.63) is 0 Å². The molecule has 2 atom stereocenters. The van der Waals surface area contributed by atoms with Crippen LogP contribution < -0.4 is 0 Å². The lowest BCUT2D eigenvalue weighted by atomic mass is 10.0. The van der Waals surface area contributed by atoms with Crippen LogP contribution in [0, 0.1) is 5.92 Å². The van der Waals surface area contributed by atoms with Crippen molar-refractivity contribution in [1.82, 2.24) is 4.90 Å². The molecule has 0 aromatic heterocycles.